The van der Waals surface area contributed by atoms with Crippen LogP contribution in [0.3, 0.4) is 0 Å². The fraction of sp³-hybridized carbons (Fsp3) is 0.125. The molecular formula is C16H17Cl2N. The highest BCUT2D eigenvalue weighted by molar-refractivity contribution is 6.30. The maximum atomic E-state index is 5.93. The molecule has 0 aliphatic rings. The van der Waals surface area contributed by atoms with Gasteiger partial charge in [0.25, 0.3) is 0 Å². The smallest absolute Gasteiger partial charge is 0.0406 e. The summed E-state index contributed by atoms with van der Waals surface area (Å²) in [5.74, 6) is 0. The lowest BCUT2D eigenvalue weighted by atomic mass is 9.97. The van der Waals surface area contributed by atoms with Gasteiger partial charge in [0.1, 0.15) is 0 Å². The van der Waals surface area contributed by atoms with E-state index in [0.29, 0.717) is 0 Å². The van der Waals surface area contributed by atoms with E-state index in [1.807, 2.05) is 25.2 Å². The second-order valence-corrected chi connectivity index (χ2v) is 4.48. The number of hydrogen-bond acceptors (Lipinski definition) is 1. The minimum Gasteiger partial charge on any atom is -0.316 e. The molecule has 0 bridgehead atoms. The zero-order valence-electron chi connectivity index (χ0n) is 10.8. The molecule has 0 saturated heterocycles. The Labute approximate surface area is 125 Å². The third-order valence-electron chi connectivity index (χ3n) is 2.75. The van der Waals surface area contributed by atoms with Gasteiger partial charge >= 0.3 is 0 Å². The SMILES string of the molecule is CNCC=C(c1ccccc1)c1ccc(Cl)cc1.Cl. The highest BCUT2D eigenvalue weighted by atomic mass is 35.5. The van der Waals surface area contributed by atoms with Crippen LogP contribution in [-0.2, 0) is 0 Å². The zero-order chi connectivity index (χ0) is 12.8. The summed E-state index contributed by atoms with van der Waals surface area (Å²) in [6, 6.07) is 18.3. The number of rotatable bonds is 4. The molecule has 0 heterocycles. The van der Waals surface area contributed by atoms with E-state index in [2.05, 4.69) is 47.8 Å². The van der Waals surface area contributed by atoms with Gasteiger partial charge in [0.05, 0.1) is 0 Å². The average Bonchev–Trinajstić information content (AvgIpc) is 2.42. The Kier molecular flexibility index (Phi) is 6.65. The Morgan fingerprint density at radius 3 is 2.16 bits per heavy atom. The van der Waals surface area contributed by atoms with Crippen LogP contribution in [0.25, 0.3) is 5.57 Å². The Bertz CT molecular complexity index is 518. The van der Waals surface area contributed by atoms with E-state index in [1.54, 1.807) is 0 Å². The molecule has 100 valence electrons. The Balaban J connectivity index is 0.00000180. The van der Waals surface area contributed by atoms with Crippen molar-refractivity contribution in [3.8, 4) is 0 Å². The molecule has 19 heavy (non-hydrogen) atoms. The monoisotopic (exact) mass is 293 g/mol. The molecule has 0 aliphatic heterocycles. The van der Waals surface area contributed by atoms with Crippen LogP contribution in [0.15, 0.2) is 60.7 Å². The van der Waals surface area contributed by atoms with Gasteiger partial charge in [-0.15, -0.1) is 12.4 Å². The molecular weight excluding hydrogens is 277 g/mol. The molecule has 0 saturated carbocycles. The van der Waals surface area contributed by atoms with E-state index >= 15 is 0 Å². The van der Waals surface area contributed by atoms with Gasteiger partial charge in [-0.3, -0.25) is 0 Å². The third-order valence-corrected chi connectivity index (χ3v) is 3.00. The second-order valence-electron chi connectivity index (χ2n) is 4.05. The van der Waals surface area contributed by atoms with Crippen molar-refractivity contribution in [2.75, 3.05) is 13.6 Å². The summed E-state index contributed by atoms with van der Waals surface area (Å²) in [6.07, 6.45) is 2.19. The predicted octanol–water partition coefficient (Wildman–Crippen LogP) is 4.41. The van der Waals surface area contributed by atoms with Crippen molar-refractivity contribution in [3.63, 3.8) is 0 Å². The quantitative estimate of drug-likeness (QED) is 0.880. The van der Waals surface area contributed by atoms with Gasteiger partial charge < -0.3 is 5.32 Å². The highest BCUT2D eigenvalue weighted by Gasteiger charge is 2.03. The van der Waals surface area contributed by atoms with Crippen molar-refractivity contribution < 1.29 is 0 Å². The molecule has 2 rings (SSSR count). The van der Waals surface area contributed by atoms with E-state index in [4.69, 9.17) is 11.6 Å². The van der Waals surface area contributed by atoms with E-state index in [1.165, 1.54) is 16.7 Å². The summed E-state index contributed by atoms with van der Waals surface area (Å²) in [5, 5.41) is 3.91. The standard InChI is InChI=1S/C16H16ClN.ClH/c1-18-12-11-16(13-5-3-2-4-6-13)14-7-9-15(17)10-8-14;/h2-11,18H,12H2,1H3;1H. The van der Waals surface area contributed by atoms with Crippen molar-refractivity contribution in [2.45, 2.75) is 0 Å². The van der Waals surface area contributed by atoms with Crippen LogP contribution in [0.5, 0.6) is 0 Å². The number of hydrogen-bond donors (Lipinski definition) is 1. The Hall–Kier alpha value is -1.28. The molecule has 0 atom stereocenters. The van der Waals surface area contributed by atoms with Gasteiger partial charge in [0, 0.05) is 11.6 Å². The number of likely N-dealkylation sites (N-methyl/N-ethyl adjacent to an activating group) is 1. The molecule has 2 aromatic carbocycles. The fourth-order valence-corrected chi connectivity index (χ4v) is 1.98. The molecule has 0 aromatic heterocycles. The predicted molar refractivity (Wildman–Crippen MR) is 86.1 cm³/mol. The van der Waals surface area contributed by atoms with Crippen molar-refractivity contribution in [1.29, 1.82) is 0 Å². The first-order valence-corrected chi connectivity index (χ1v) is 6.35. The fourth-order valence-electron chi connectivity index (χ4n) is 1.85. The van der Waals surface area contributed by atoms with Crippen LogP contribution < -0.4 is 5.32 Å². The van der Waals surface area contributed by atoms with E-state index in [9.17, 15) is 0 Å². The van der Waals surface area contributed by atoms with Crippen molar-refractivity contribution in [2.24, 2.45) is 0 Å². The van der Waals surface area contributed by atoms with Gasteiger partial charge in [-0.2, -0.15) is 0 Å². The van der Waals surface area contributed by atoms with Gasteiger partial charge in [0.2, 0.25) is 0 Å². The molecule has 1 nitrogen and oxygen atoms in total. The molecule has 0 fully saturated rings. The van der Waals surface area contributed by atoms with Crippen LogP contribution in [-0.4, -0.2) is 13.6 Å². The molecule has 1 N–H and O–H groups in total. The molecule has 0 unspecified atom stereocenters. The molecule has 0 radical (unpaired) electrons. The summed E-state index contributed by atoms with van der Waals surface area (Å²) < 4.78 is 0. The summed E-state index contributed by atoms with van der Waals surface area (Å²) in [4.78, 5) is 0. The maximum absolute atomic E-state index is 5.93. The van der Waals surface area contributed by atoms with Crippen LogP contribution in [0.4, 0.5) is 0 Å². The number of halogens is 2. The highest BCUT2D eigenvalue weighted by Crippen LogP contribution is 2.24. The molecule has 0 aliphatic carbocycles. The van der Waals surface area contributed by atoms with Crippen LogP contribution in [0.2, 0.25) is 5.02 Å². The zero-order valence-corrected chi connectivity index (χ0v) is 12.3. The molecule has 3 heteroatoms. The van der Waals surface area contributed by atoms with E-state index in [-0.39, 0.29) is 12.4 Å². The largest absolute Gasteiger partial charge is 0.316 e. The van der Waals surface area contributed by atoms with Crippen molar-refractivity contribution in [1.82, 2.24) is 5.32 Å². The molecule has 2 aromatic rings. The first-order chi connectivity index (χ1) is 8.81. The van der Waals surface area contributed by atoms with Gasteiger partial charge in [-0.25, -0.2) is 0 Å². The average molecular weight is 294 g/mol. The van der Waals surface area contributed by atoms with E-state index in [0.717, 1.165) is 11.6 Å². The minimum absolute atomic E-state index is 0. The van der Waals surface area contributed by atoms with Crippen LogP contribution in [0, 0.1) is 0 Å². The first kappa shape index (κ1) is 15.8. The number of benzene rings is 2. The summed E-state index contributed by atoms with van der Waals surface area (Å²) >= 11 is 5.93. The van der Waals surface area contributed by atoms with Crippen LogP contribution >= 0.6 is 24.0 Å². The minimum atomic E-state index is 0. The first-order valence-electron chi connectivity index (χ1n) is 5.97. The number of nitrogens with one attached hydrogen (secondary N) is 1. The molecule has 0 spiro atoms. The van der Waals surface area contributed by atoms with Crippen molar-refractivity contribution in [3.05, 3.63) is 76.8 Å². The summed E-state index contributed by atoms with van der Waals surface area (Å²) in [5.41, 5.74) is 3.62. The third kappa shape index (κ3) is 4.39. The lowest BCUT2D eigenvalue weighted by molar-refractivity contribution is 0.920. The van der Waals surface area contributed by atoms with Gasteiger partial charge in [-0.05, 0) is 35.9 Å². The van der Waals surface area contributed by atoms with Gasteiger partial charge in [0.15, 0.2) is 0 Å². The van der Waals surface area contributed by atoms with Crippen molar-refractivity contribution >= 4 is 29.6 Å². The summed E-state index contributed by atoms with van der Waals surface area (Å²) in [6.45, 7) is 0.840. The normalized spacial score (nSPS) is 10.9. The Morgan fingerprint density at radius 2 is 1.58 bits per heavy atom. The lowest BCUT2D eigenvalue weighted by Gasteiger charge is -2.09. The van der Waals surface area contributed by atoms with Gasteiger partial charge in [-0.1, -0.05) is 60.1 Å². The topological polar surface area (TPSA) is 12.0 Å². The maximum Gasteiger partial charge on any atom is 0.0406 e. The van der Waals surface area contributed by atoms with Crippen LogP contribution in [0.1, 0.15) is 11.1 Å². The molecule has 0 amide bonds. The summed E-state index contributed by atoms with van der Waals surface area (Å²) in [7, 11) is 1.95. The lowest BCUT2D eigenvalue weighted by Crippen LogP contribution is -2.05. The second kappa shape index (κ2) is 8.00. The van der Waals surface area contributed by atoms with E-state index < -0.39 is 0 Å². The Morgan fingerprint density at radius 1 is 1.00 bits per heavy atom.